The van der Waals surface area contributed by atoms with Crippen LogP contribution in [0.3, 0.4) is 0 Å². The van der Waals surface area contributed by atoms with E-state index in [0.29, 0.717) is 5.02 Å². The van der Waals surface area contributed by atoms with E-state index in [9.17, 15) is 8.42 Å². The zero-order valence-electron chi connectivity index (χ0n) is 8.29. The third-order valence-corrected chi connectivity index (χ3v) is 4.89. The van der Waals surface area contributed by atoms with Crippen molar-refractivity contribution < 1.29 is 8.42 Å². The minimum absolute atomic E-state index is 0.0735. The largest absolute Gasteiger partial charge is 0.313 e. The second-order valence-corrected chi connectivity index (χ2v) is 7.03. The molecule has 0 saturated carbocycles. The molecule has 84 valence electrons. The van der Waals surface area contributed by atoms with Gasteiger partial charge in [-0.25, -0.2) is 8.42 Å². The molecule has 0 radical (unpaired) electrons. The van der Waals surface area contributed by atoms with Gasteiger partial charge in [0.05, 0.1) is 14.9 Å². The fourth-order valence-electron chi connectivity index (χ4n) is 0.948. The normalized spacial score (nSPS) is 12.9. The van der Waals surface area contributed by atoms with Gasteiger partial charge in [0.1, 0.15) is 4.87 Å². The minimum atomic E-state index is -3.58. The van der Waals surface area contributed by atoms with Crippen LogP contribution in [0.25, 0.3) is 0 Å². The van der Waals surface area contributed by atoms with E-state index < -0.39 is 14.7 Å². The zero-order chi connectivity index (χ0) is 11.9. The third-order valence-electron chi connectivity index (χ3n) is 1.89. The maximum atomic E-state index is 11.9. The van der Waals surface area contributed by atoms with Crippen molar-refractivity contribution in [1.29, 1.82) is 0 Å². The molecule has 6 heteroatoms. The number of benzene rings is 1. The molecule has 3 nitrogen and oxygen atoms in total. The molecule has 0 unspecified atom stereocenters. The summed E-state index contributed by atoms with van der Waals surface area (Å²) in [6, 6.07) is 4.12. The van der Waals surface area contributed by atoms with E-state index in [0.717, 1.165) is 0 Å². The zero-order valence-corrected chi connectivity index (χ0v) is 10.6. The molecule has 0 saturated heterocycles. The minimum Gasteiger partial charge on any atom is -0.313 e. The Kier molecular flexibility index (Phi) is 3.36. The Morgan fingerprint density at radius 3 is 2.13 bits per heavy atom. The number of hydrogen-bond acceptors (Lipinski definition) is 3. The van der Waals surface area contributed by atoms with E-state index in [1.54, 1.807) is 0 Å². The van der Waals surface area contributed by atoms with Gasteiger partial charge < -0.3 is 5.73 Å². The van der Waals surface area contributed by atoms with E-state index in [1.807, 2.05) is 0 Å². The first-order valence-corrected chi connectivity index (χ1v) is 6.39. The van der Waals surface area contributed by atoms with Gasteiger partial charge in [-0.3, -0.25) is 0 Å². The Bertz CT molecular complexity index is 477. The Labute approximate surface area is 99.1 Å². The van der Waals surface area contributed by atoms with Gasteiger partial charge in [0, 0.05) is 0 Å². The van der Waals surface area contributed by atoms with E-state index in [4.69, 9.17) is 28.9 Å². The summed E-state index contributed by atoms with van der Waals surface area (Å²) in [5.74, 6) is 0. The highest BCUT2D eigenvalue weighted by atomic mass is 35.5. The average molecular weight is 268 g/mol. The summed E-state index contributed by atoms with van der Waals surface area (Å²) in [6.45, 7) is 2.84. The van der Waals surface area contributed by atoms with Gasteiger partial charge in [0.25, 0.3) is 0 Å². The highest BCUT2D eigenvalue weighted by Gasteiger charge is 2.31. The van der Waals surface area contributed by atoms with Crippen molar-refractivity contribution in [2.45, 2.75) is 23.6 Å². The maximum Gasteiger partial charge on any atom is 0.196 e. The van der Waals surface area contributed by atoms with Crippen molar-refractivity contribution in [3.05, 3.63) is 28.2 Å². The molecule has 0 heterocycles. The lowest BCUT2D eigenvalue weighted by Crippen LogP contribution is -2.41. The van der Waals surface area contributed by atoms with Crippen LogP contribution in [0.5, 0.6) is 0 Å². The Morgan fingerprint density at radius 1 is 1.20 bits per heavy atom. The summed E-state index contributed by atoms with van der Waals surface area (Å²) >= 11 is 11.4. The fraction of sp³-hybridized carbons (Fsp3) is 0.333. The summed E-state index contributed by atoms with van der Waals surface area (Å²) in [4.78, 5) is -1.27. The number of rotatable bonds is 2. The van der Waals surface area contributed by atoms with E-state index in [2.05, 4.69) is 0 Å². The van der Waals surface area contributed by atoms with Crippen LogP contribution in [-0.2, 0) is 9.84 Å². The van der Waals surface area contributed by atoms with Gasteiger partial charge in [-0.2, -0.15) is 0 Å². The van der Waals surface area contributed by atoms with Crippen LogP contribution in [0.2, 0.25) is 10.0 Å². The Hall–Kier alpha value is -0.290. The van der Waals surface area contributed by atoms with Gasteiger partial charge in [-0.1, -0.05) is 23.2 Å². The van der Waals surface area contributed by atoms with E-state index in [1.165, 1.54) is 32.0 Å². The first-order valence-electron chi connectivity index (χ1n) is 4.15. The molecular formula is C9H11Cl2NO2S. The topological polar surface area (TPSA) is 60.2 Å². The van der Waals surface area contributed by atoms with Crippen LogP contribution in [0, 0.1) is 0 Å². The highest BCUT2D eigenvalue weighted by molar-refractivity contribution is 7.92. The van der Waals surface area contributed by atoms with Gasteiger partial charge >= 0.3 is 0 Å². The quantitative estimate of drug-likeness (QED) is 0.896. The molecule has 2 N–H and O–H groups in total. The molecule has 0 spiro atoms. The van der Waals surface area contributed by atoms with Crippen molar-refractivity contribution in [2.24, 2.45) is 5.73 Å². The molecule has 1 aromatic rings. The second kappa shape index (κ2) is 3.94. The molecule has 0 aliphatic rings. The van der Waals surface area contributed by atoms with Crippen molar-refractivity contribution >= 4 is 33.0 Å². The fourth-order valence-corrected chi connectivity index (χ4v) is 2.44. The molecule has 0 amide bonds. The van der Waals surface area contributed by atoms with Crippen molar-refractivity contribution in [3.63, 3.8) is 0 Å². The summed E-state index contributed by atoms with van der Waals surface area (Å²) < 4.78 is 23.8. The monoisotopic (exact) mass is 267 g/mol. The maximum absolute atomic E-state index is 11.9. The van der Waals surface area contributed by atoms with Crippen LogP contribution in [0.4, 0.5) is 0 Å². The van der Waals surface area contributed by atoms with Crippen molar-refractivity contribution in [1.82, 2.24) is 0 Å². The van der Waals surface area contributed by atoms with Crippen LogP contribution in [0.15, 0.2) is 23.1 Å². The van der Waals surface area contributed by atoms with Gasteiger partial charge in [-0.15, -0.1) is 0 Å². The predicted octanol–water partition coefficient (Wildman–Crippen LogP) is 2.46. The highest BCUT2D eigenvalue weighted by Crippen LogP contribution is 2.28. The second-order valence-electron chi connectivity index (χ2n) is 3.68. The lowest BCUT2D eigenvalue weighted by Gasteiger charge is -2.19. The predicted molar refractivity (Wildman–Crippen MR) is 61.9 cm³/mol. The molecule has 0 aromatic heterocycles. The standard InChI is InChI=1S/C9H11Cl2NO2S/c1-9(2,12)15(13,14)6-3-4-7(10)8(11)5-6/h3-5H,12H2,1-2H3. The van der Waals surface area contributed by atoms with E-state index >= 15 is 0 Å². The number of halogens is 2. The van der Waals surface area contributed by atoms with Crippen LogP contribution in [-0.4, -0.2) is 13.3 Å². The summed E-state index contributed by atoms with van der Waals surface area (Å²) in [5.41, 5.74) is 5.57. The van der Waals surface area contributed by atoms with Crippen LogP contribution >= 0.6 is 23.2 Å². The summed E-state index contributed by atoms with van der Waals surface area (Å²) in [5, 5.41) is 0.507. The molecule has 0 fully saturated rings. The Morgan fingerprint density at radius 2 is 1.73 bits per heavy atom. The SMILES string of the molecule is CC(C)(N)S(=O)(=O)c1ccc(Cl)c(Cl)c1. The molecule has 0 atom stereocenters. The lowest BCUT2D eigenvalue weighted by molar-refractivity contribution is 0.552. The molecular weight excluding hydrogens is 257 g/mol. The molecule has 0 aliphatic carbocycles. The molecule has 0 bridgehead atoms. The van der Waals surface area contributed by atoms with Crippen LogP contribution < -0.4 is 5.73 Å². The molecule has 0 aliphatic heterocycles. The van der Waals surface area contributed by atoms with Crippen LogP contribution in [0.1, 0.15) is 13.8 Å². The number of hydrogen-bond donors (Lipinski definition) is 1. The molecule has 1 rings (SSSR count). The van der Waals surface area contributed by atoms with Crippen molar-refractivity contribution in [3.8, 4) is 0 Å². The first-order chi connectivity index (χ1) is 6.66. The first kappa shape index (κ1) is 12.8. The number of sulfone groups is 1. The number of nitrogens with two attached hydrogens (primary N) is 1. The van der Waals surface area contributed by atoms with Crippen molar-refractivity contribution in [2.75, 3.05) is 0 Å². The Balaban J connectivity index is 3.36. The summed E-state index contributed by atoms with van der Waals surface area (Å²) in [6.07, 6.45) is 0. The molecule has 1 aromatic carbocycles. The lowest BCUT2D eigenvalue weighted by atomic mass is 10.4. The van der Waals surface area contributed by atoms with Gasteiger partial charge in [0.15, 0.2) is 9.84 Å². The van der Waals surface area contributed by atoms with Gasteiger partial charge in [-0.05, 0) is 32.0 Å². The van der Waals surface area contributed by atoms with E-state index in [-0.39, 0.29) is 9.92 Å². The van der Waals surface area contributed by atoms with Gasteiger partial charge in [0.2, 0.25) is 0 Å². The summed E-state index contributed by atoms with van der Waals surface area (Å²) in [7, 11) is -3.58. The average Bonchev–Trinajstić information content (AvgIpc) is 2.07. The third kappa shape index (κ3) is 2.45. The molecule has 15 heavy (non-hydrogen) atoms. The smallest absolute Gasteiger partial charge is 0.196 e.